The van der Waals surface area contributed by atoms with Crippen LogP contribution in [0.5, 0.6) is 0 Å². The molecule has 2 aromatic carbocycles. The average molecular weight is 480 g/mol. The first-order valence-corrected chi connectivity index (χ1v) is 14.7. The van der Waals surface area contributed by atoms with Crippen LogP contribution in [0.2, 0.25) is 18.1 Å². The van der Waals surface area contributed by atoms with E-state index in [2.05, 4.69) is 64.8 Å². The van der Waals surface area contributed by atoms with Gasteiger partial charge in [-0.3, -0.25) is 9.63 Å². The van der Waals surface area contributed by atoms with Crippen molar-refractivity contribution >= 4 is 14.3 Å². The zero-order valence-corrected chi connectivity index (χ0v) is 22.5. The Morgan fingerprint density at radius 3 is 2.15 bits per heavy atom. The Kier molecular flexibility index (Phi) is 8.37. The maximum absolute atomic E-state index is 12.4. The van der Waals surface area contributed by atoms with Gasteiger partial charge in [0.25, 0.3) is 0 Å². The van der Waals surface area contributed by atoms with Crippen LogP contribution in [0, 0.1) is 18.8 Å². The van der Waals surface area contributed by atoms with E-state index in [0.717, 1.165) is 16.7 Å². The van der Waals surface area contributed by atoms with Crippen molar-refractivity contribution in [3.05, 3.63) is 70.8 Å². The molecule has 0 saturated carbocycles. The van der Waals surface area contributed by atoms with Crippen molar-refractivity contribution in [1.82, 2.24) is 5.06 Å². The SMILES string of the molecule is COC(=O)C1CC(CO[Si](C)(C)C(C)(C)C)ON1Cc1ccc(C#Cc2ccc(C)cc2)cc1. The predicted octanol–water partition coefficient (Wildman–Crippen LogP) is 5.46. The quantitative estimate of drug-likeness (QED) is 0.313. The van der Waals surface area contributed by atoms with E-state index >= 15 is 0 Å². The first kappa shape index (κ1) is 26.2. The number of hydrogen-bond acceptors (Lipinski definition) is 5. The molecule has 0 bridgehead atoms. The summed E-state index contributed by atoms with van der Waals surface area (Å²) in [5.41, 5.74) is 4.20. The number of hydrogen-bond donors (Lipinski definition) is 0. The second-order valence-electron chi connectivity index (χ2n) is 10.5. The van der Waals surface area contributed by atoms with E-state index in [1.54, 1.807) is 5.06 Å². The summed E-state index contributed by atoms with van der Waals surface area (Å²) in [5.74, 6) is 6.12. The van der Waals surface area contributed by atoms with Gasteiger partial charge in [-0.1, -0.05) is 62.4 Å². The van der Waals surface area contributed by atoms with Gasteiger partial charge in [0.15, 0.2) is 8.32 Å². The van der Waals surface area contributed by atoms with Crippen molar-refractivity contribution in [2.24, 2.45) is 0 Å². The molecule has 34 heavy (non-hydrogen) atoms. The van der Waals surface area contributed by atoms with E-state index in [0.29, 0.717) is 19.6 Å². The molecule has 1 heterocycles. The van der Waals surface area contributed by atoms with E-state index in [1.165, 1.54) is 12.7 Å². The van der Waals surface area contributed by atoms with Gasteiger partial charge in [-0.2, -0.15) is 5.06 Å². The van der Waals surface area contributed by atoms with Crippen molar-refractivity contribution < 1.29 is 18.8 Å². The number of esters is 1. The average Bonchev–Trinajstić information content (AvgIpc) is 3.20. The molecule has 1 aliphatic heterocycles. The summed E-state index contributed by atoms with van der Waals surface area (Å²) in [6, 6.07) is 15.8. The van der Waals surface area contributed by atoms with Gasteiger partial charge in [0.1, 0.15) is 12.1 Å². The molecule has 2 atom stereocenters. The number of aryl methyl sites for hydroxylation is 1. The summed E-state index contributed by atoms with van der Waals surface area (Å²) in [6.07, 6.45) is 0.388. The number of methoxy groups -OCH3 is 1. The lowest BCUT2D eigenvalue weighted by Gasteiger charge is -2.36. The molecule has 2 unspecified atom stereocenters. The maximum Gasteiger partial charge on any atom is 0.325 e. The van der Waals surface area contributed by atoms with E-state index in [1.807, 2.05) is 36.4 Å². The Labute approximate surface area is 205 Å². The highest BCUT2D eigenvalue weighted by atomic mass is 28.4. The van der Waals surface area contributed by atoms with Crippen molar-refractivity contribution in [3.8, 4) is 11.8 Å². The normalized spacial score (nSPS) is 18.9. The number of carbonyl (C=O) groups is 1. The van der Waals surface area contributed by atoms with Crippen molar-refractivity contribution in [2.45, 2.75) is 70.9 Å². The number of ether oxygens (including phenoxy) is 1. The number of rotatable bonds is 6. The number of benzene rings is 2. The summed E-state index contributed by atoms with van der Waals surface area (Å²) < 4.78 is 11.4. The van der Waals surface area contributed by atoms with Gasteiger partial charge in [-0.25, -0.2) is 0 Å². The van der Waals surface area contributed by atoms with Crippen molar-refractivity contribution in [2.75, 3.05) is 13.7 Å². The molecule has 6 heteroatoms. The van der Waals surface area contributed by atoms with Crippen LogP contribution in [0.3, 0.4) is 0 Å². The maximum atomic E-state index is 12.4. The van der Waals surface area contributed by atoms with Gasteiger partial charge in [0.2, 0.25) is 0 Å². The second kappa shape index (κ2) is 10.9. The van der Waals surface area contributed by atoms with Crippen LogP contribution < -0.4 is 0 Å². The van der Waals surface area contributed by atoms with Crippen LogP contribution >= 0.6 is 0 Å². The second-order valence-corrected chi connectivity index (χ2v) is 15.3. The van der Waals surface area contributed by atoms with Gasteiger partial charge >= 0.3 is 5.97 Å². The first-order valence-electron chi connectivity index (χ1n) is 11.8. The van der Waals surface area contributed by atoms with Gasteiger partial charge in [-0.05, 0) is 54.9 Å². The predicted molar refractivity (Wildman–Crippen MR) is 138 cm³/mol. The Hall–Kier alpha value is -2.43. The Balaban J connectivity index is 1.64. The lowest BCUT2D eigenvalue weighted by Crippen LogP contribution is -2.42. The summed E-state index contributed by atoms with van der Waals surface area (Å²) in [7, 11) is -0.477. The van der Waals surface area contributed by atoms with Crippen LogP contribution in [-0.4, -0.2) is 45.2 Å². The van der Waals surface area contributed by atoms with E-state index in [-0.39, 0.29) is 17.1 Å². The highest BCUT2D eigenvalue weighted by molar-refractivity contribution is 6.74. The molecule has 3 rings (SSSR count). The minimum atomic E-state index is -1.90. The molecule has 0 spiro atoms. The third kappa shape index (κ3) is 6.80. The topological polar surface area (TPSA) is 48.0 Å². The molecule has 0 radical (unpaired) electrons. The summed E-state index contributed by atoms with van der Waals surface area (Å²) in [5, 5.41) is 1.86. The third-order valence-corrected chi connectivity index (χ3v) is 11.2. The molecule has 182 valence electrons. The van der Waals surface area contributed by atoms with E-state index in [9.17, 15) is 4.79 Å². The lowest BCUT2D eigenvalue weighted by molar-refractivity contribution is -0.188. The zero-order chi connectivity index (χ0) is 24.9. The summed E-state index contributed by atoms with van der Waals surface area (Å²) >= 11 is 0. The number of hydroxylamine groups is 2. The van der Waals surface area contributed by atoms with Crippen LogP contribution in [-0.2, 0) is 25.3 Å². The molecule has 0 amide bonds. The molecule has 0 aliphatic carbocycles. The fourth-order valence-electron chi connectivity index (χ4n) is 3.44. The van der Waals surface area contributed by atoms with Crippen molar-refractivity contribution in [3.63, 3.8) is 0 Å². The smallest absolute Gasteiger partial charge is 0.325 e. The van der Waals surface area contributed by atoms with Gasteiger partial charge < -0.3 is 9.16 Å². The summed E-state index contributed by atoms with van der Waals surface area (Å²) in [6.45, 7) is 14.1. The van der Waals surface area contributed by atoms with Crippen molar-refractivity contribution in [1.29, 1.82) is 0 Å². The zero-order valence-electron chi connectivity index (χ0n) is 21.5. The molecule has 2 aromatic rings. The Morgan fingerprint density at radius 1 is 1.06 bits per heavy atom. The Bertz CT molecular complexity index is 1030. The molecule has 5 nitrogen and oxygen atoms in total. The monoisotopic (exact) mass is 479 g/mol. The molecular weight excluding hydrogens is 442 g/mol. The minimum Gasteiger partial charge on any atom is -0.468 e. The molecule has 1 saturated heterocycles. The highest BCUT2D eigenvalue weighted by Crippen LogP contribution is 2.37. The van der Waals surface area contributed by atoms with E-state index < -0.39 is 14.4 Å². The third-order valence-electron chi connectivity index (χ3n) is 6.72. The van der Waals surface area contributed by atoms with Crippen LogP contribution in [0.15, 0.2) is 48.5 Å². The van der Waals surface area contributed by atoms with Gasteiger partial charge in [0.05, 0.1) is 20.3 Å². The minimum absolute atomic E-state index is 0.122. The molecular formula is C28H37NO4Si. The lowest BCUT2D eigenvalue weighted by atomic mass is 10.1. The Morgan fingerprint density at radius 2 is 1.62 bits per heavy atom. The largest absolute Gasteiger partial charge is 0.468 e. The van der Waals surface area contributed by atoms with Gasteiger partial charge in [0, 0.05) is 17.5 Å². The van der Waals surface area contributed by atoms with Crippen LogP contribution in [0.25, 0.3) is 0 Å². The molecule has 1 fully saturated rings. The molecule has 1 aliphatic rings. The number of carbonyl (C=O) groups excluding carboxylic acids is 1. The highest BCUT2D eigenvalue weighted by Gasteiger charge is 2.42. The van der Waals surface area contributed by atoms with Crippen LogP contribution in [0.1, 0.15) is 49.4 Å². The number of nitrogens with zero attached hydrogens (tertiary/aromatic N) is 1. The van der Waals surface area contributed by atoms with E-state index in [4.69, 9.17) is 14.0 Å². The van der Waals surface area contributed by atoms with Gasteiger partial charge in [-0.15, -0.1) is 0 Å². The fourth-order valence-corrected chi connectivity index (χ4v) is 4.48. The molecule has 0 N–H and O–H groups in total. The van der Waals surface area contributed by atoms with Crippen LogP contribution in [0.4, 0.5) is 0 Å². The first-order chi connectivity index (χ1) is 16.0. The summed E-state index contributed by atoms with van der Waals surface area (Å²) in [4.78, 5) is 18.6. The molecule has 0 aromatic heterocycles. The fraction of sp³-hybridized carbons (Fsp3) is 0.464. The standard InChI is InChI=1S/C28H37NO4Si/c1-21-8-10-22(11-9-21)12-13-23-14-16-24(17-15-23)19-29-26(27(30)31-5)18-25(33-29)20-32-34(6,7)28(2,3)4/h8-11,14-17,25-26H,18-20H2,1-7H3.